The summed E-state index contributed by atoms with van der Waals surface area (Å²) in [5, 5.41) is 25.8. The van der Waals surface area contributed by atoms with Gasteiger partial charge < -0.3 is 15.9 Å². The molecule has 2 atom stereocenters. The molecular weight excluding hydrogens is 477 g/mol. The van der Waals surface area contributed by atoms with Gasteiger partial charge in [0.25, 0.3) is 0 Å². The first-order chi connectivity index (χ1) is 15.9. The normalized spacial score (nSPS) is 15.6. The van der Waals surface area contributed by atoms with Crippen molar-refractivity contribution in [2.24, 2.45) is 0 Å². The van der Waals surface area contributed by atoms with E-state index in [0.717, 1.165) is 18.3 Å². The van der Waals surface area contributed by atoms with Crippen LogP contribution in [0.15, 0.2) is 30.6 Å². The molecule has 0 saturated carbocycles. The van der Waals surface area contributed by atoms with Gasteiger partial charge in [-0.3, -0.25) is 5.10 Å². The molecule has 16 heteroatoms. The van der Waals surface area contributed by atoms with E-state index in [9.17, 15) is 36.6 Å². The third kappa shape index (κ3) is 4.76. The molecule has 0 radical (unpaired) electrons. The smallest absolute Gasteiger partial charge is 0.382 e. The molecule has 0 aliphatic heterocycles. The van der Waals surface area contributed by atoms with E-state index in [0.29, 0.717) is 22.9 Å². The Morgan fingerprint density at radius 3 is 2.17 bits per heavy atom. The van der Waals surface area contributed by atoms with E-state index < -0.39 is 34.7 Å². The van der Waals surface area contributed by atoms with Crippen molar-refractivity contribution in [1.82, 2.24) is 20.2 Å². The fourth-order valence-electron chi connectivity index (χ4n) is 3.69. The molecule has 5 N–H and O–H groups in total. The van der Waals surface area contributed by atoms with Gasteiger partial charge >= 0.3 is 12.4 Å². The number of halogens is 6. The average molecular weight is 497 g/mol. The van der Waals surface area contributed by atoms with Crippen LogP contribution in [0, 0.1) is 6.92 Å². The number of nitrogens with two attached hydrogens (primary N) is 1. The van der Waals surface area contributed by atoms with Gasteiger partial charge in [-0.1, -0.05) is 22.8 Å². The van der Waals surface area contributed by atoms with E-state index in [4.69, 9.17) is 5.73 Å². The van der Waals surface area contributed by atoms with Crippen molar-refractivity contribution in [3.05, 3.63) is 47.4 Å². The number of aryl methyl sites for hydroxylation is 1. The van der Waals surface area contributed by atoms with Crippen LogP contribution < -0.4 is 5.73 Å². The molecule has 0 aliphatic rings. The van der Waals surface area contributed by atoms with Gasteiger partial charge in [0, 0.05) is 17.3 Å². The first kappa shape index (κ1) is 26.6. The number of rotatable bonds is 5. The standard InChI is InChI=1S/C19H20B3F6N5O2/c1-7-10(5-31-33-7)13-14(29)30-6-12(32-13)9-4-8(2-3-11(9)17(20,21)22)16(35,19(26,27)28)15(34)18(23,24)25/h2-6,15,34-35H,20-22H2,1H3,(H2,29,30)(H,31,33). The number of hydrogen-bond acceptors (Lipinski definition) is 6. The first-order valence-electron chi connectivity index (χ1n) is 10.2. The molecule has 2 aromatic heterocycles. The van der Waals surface area contributed by atoms with Gasteiger partial charge in [0.2, 0.25) is 5.60 Å². The van der Waals surface area contributed by atoms with Crippen molar-refractivity contribution in [3.8, 4) is 22.5 Å². The zero-order chi connectivity index (χ0) is 26.6. The van der Waals surface area contributed by atoms with Crippen LogP contribution in [0.5, 0.6) is 0 Å². The van der Waals surface area contributed by atoms with Crippen LogP contribution in [0.25, 0.3) is 22.5 Å². The maximum Gasteiger partial charge on any atom is 0.424 e. The zero-order valence-electron chi connectivity index (χ0n) is 19.0. The lowest BCUT2D eigenvalue weighted by atomic mass is 9.39. The summed E-state index contributed by atoms with van der Waals surface area (Å²) < 4.78 is 81.0. The van der Waals surface area contributed by atoms with Gasteiger partial charge in [0.15, 0.2) is 6.10 Å². The third-order valence-corrected chi connectivity index (χ3v) is 5.57. The molecule has 0 amide bonds. The number of aromatic amines is 1. The van der Waals surface area contributed by atoms with Crippen molar-refractivity contribution >= 4 is 29.4 Å². The number of aromatic nitrogens is 4. The zero-order valence-corrected chi connectivity index (χ0v) is 19.0. The number of nitrogens with one attached hydrogen (secondary N) is 1. The molecule has 1 aromatic carbocycles. The Balaban J connectivity index is 2.33. The number of nitrogen functional groups attached to an aromatic ring is 1. The van der Waals surface area contributed by atoms with E-state index >= 15 is 0 Å². The van der Waals surface area contributed by atoms with Gasteiger partial charge in [0.1, 0.15) is 11.5 Å². The molecule has 0 aliphatic carbocycles. The van der Waals surface area contributed by atoms with Crippen molar-refractivity contribution in [2.45, 2.75) is 36.1 Å². The predicted molar refractivity (Wildman–Crippen MR) is 124 cm³/mol. The summed E-state index contributed by atoms with van der Waals surface area (Å²) in [7, 11) is 5.20. The van der Waals surface area contributed by atoms with Gasteiger partial charge in [-0.15, -0.1) is 0 Å². The number of anilines is 1. The van der Waals surface area contributed by atoms with E-state index in [1.807, 2.05) is 0 Å². The number of aliphatic hydroxyl groups is 2. The van der Waals surface area contributed by atoms with Crippen LogP contribution in [-0.4, -0.2) is 72.4 Å². The lowest BCUT2D eigenvalue weighted by Crippen LogP contribution is -2.57. The molecule has 184 valence electrons. The quantitative estimate of drug-likeness (QED) is 0.294. The molecule has 2 heterocycles. The highest BCUT2D eigenvalue weighted by Gasteiger charge is 2.67. The molecule has 0 spiro atoms. The molecule has 3 rings (SSSR count). The highest BCUT2D eigenvalue weighted by atomic mass is 19.4. The summed E-state index contributed by atoms with van der Waals surface area (Å²) in [5.74, 6) is -0.00833. The van der Waals surface area contributed by atoms with Gasteiger partial charge in [-0.2, -0.15) is 31.4 Å². The van der Waals surface area contributed by atoms with Gasteiger partial charge in [-0.05, 0) is 18.6 Å². The van der Waals surface area contributed by atoms with E-state index in [1.54, 1.807) is 30.5 Å². The van der Waals surface area contributed by atoms with E-state index in [1.165, 1.54) is 6.20 Å². The monoisotopic (exact) mass is 497 g/mol. The highest BCUT2D eigenvalue weighted by molar-refractivity contribution is 6.59. The fraction of sp³-hybridized carbons (Fsp3) is 0.316. The third-order valence-electron chi connectivity index (χ3n) is 5.57. The number of H-pyrrole nitrogens is 1. The topological polar surface area (TPSA) is 121 Å². The van der Waals surface area contributed by atoms with Crippen molar-refractivity contribution in [3.63, 3.8) is 0 Å². The number of aliphatic hydroxyl groups excluding tert-OH is 1. The summed E-state index contributed by atoms with van der Waals surface area (Å²) >= 11 is 0. The summed E-state index contributed by atoms with van der Waals surface area (Å²) in [6.07, 6.45) is -13.1. The lowest BCUT2D eigenvalue weighted by Gasteiger charge is -2.36. The maximum atomic E-state index is 13.8. The van der Waals surface area contributed by atoms with Gasteiger partial charge in [-0.25, -0.2) is 9.97 Å². The predicted octanol–water partition coefficient (Wildman–Crippen LogP) is 0.107. The molecule has 0 bridgehead atoms. The van der Waals surface area contributed by atoms with Crippen molar-refractivity contribution in [1.29, 1.82) is 0 Å². The Morgan fingerprint density at radius 1 is 1.06 bits per heavy atom. The second-order valence-electron chi connectivity index (χ2n) is 9.09. The first-order valence-corrected chi connectivity index (χ1v) is 10.2. The van der Waals surface area contributed by atoms with E-state index in [2.05, 4.69) is 20.2 Å². The fourth-order valence-corrected chi connectivity index (χ4v) is 3.69. The minimum Gasteiger partial charge on any atom is -0.382 e. The van der Waals surface area contributed by atoms with Crippen LogP contribution >= 0.6 is 0 Å². The SMILES string of the molecule is BC(B)(B)c1ccc(C(O)(C(O)C(F)(F)F)C(F)(F)F)cc1-c1cnc(N)c(-c2c[nH]nc2C)n1. The maximum absolute atomic E-state index is 13.8. The Morgan fingerprint density at radius 2 is 1.69 bits per heavy atom. The largest absolute Gasteiger partial charge is 0.424 e. The number of alkyl halides is 6. The summed E-state index contributed by atoms with van der Waals surface area (Å²) in [4.78, 5) is 8.45. The molecule has 2 unspecified atom stereocenters. The lowest BCUT2D eigenvalue weighted by molar-refractivity contribution is -0.347. The van der Waals surface area contributed by atoms with Crippen molar-refractivity contribution in [2.75, 3.05) is 5.73 Å². The molecule has 0 fully saturated rings. The molecule has 35 heavy (non-hydrogen) atoms. The Labute approximate surface area is 198 Å². The molecular formula is C19H20B3F6N5O2. The number of nitrogens with zero attached hydrogens (tertiary/aromatic N) is 3. The average Bonchev–Trinajstić information content (AvgIpc) is 3.16. The highest BCUT2D eigenvalue weighted by Crippen LogP contribution is 2.47. The van der Waals surface area contributed by atoms with Crippen molar-refractivity contribution < 1.29 is 36.6 Å². The van der Waals surface area contributed by atoms with Crippen LogP contribution in [0.4, 0.5) is 32.2 Å². The molecule has 7 nitrogen and oxygen atoms in total. The van der Waals surface area contributed by atoms with Crippen LogP contribution in [0.1, 0.15) is 16.8 Å². The minimum absolute atomic E-state index is 0.00685. The minimum atomic E-state index is -5.87. The summed E-state index contributed by atoms with van der Waals surface area (Å²) in [5.41, 5.74) is 1.58. The summed E-state index contributed by atoms with van der Waals surface area (Å²) in [6.45, 7) is 1.66. The second kappa shape index (κ2) is 8.59. The van der Waals surface area contributed by atoms with Gasteiger partial charge in [0.05, 0.1) is 41.1 Å². The Bertz CT molecular complexity index is 1240. The number of benzene rings is 1. The molecule has 0 saturated heterocycles. The summed E-state index contributed by atoms with van der Waals surface area (Å²) in [6, 6.07) is 2.60. The Hall–Kier alpha value is -3.00. The molecule has 3 aromatic rings. The number of hydrogen-bond donors (Lipinski definition) is 4. The van der Waals surface area contributed by atoms with Crippen LogP contribution in [-0.2, 0) is 10.7 Å². The Kier molecular flexibility index (Phi) is 6.53. The second-order valence-corrected chi connectivity index (χ2v) is 9.09. The van der Waals surface area contributed by atoms with Crippen LogP contribution in [0.3, 0.4) is 0 Å². The van der Waals surface area contributed by atoms with Crippen LogP contribution in [0.2, 0.25) is 0 Å². The van der Waals surface area contributed by atoms with E-state index in [-0.39, 0.29) is 22.8 Å².